The van der Waals surface area contributed by atoms with Gasteiger partial charge < -0.3 is 15.0 Å². The average Bonchev–Trinajstić information content (AvgIpc) is 3.46. The second-order valence-electron chi connectivity index (χ2n) is 6.93. The lowest BCUT2D eigenvalue weighted by atomic mass is 10.2. The van der Waals surface area contributed by atoms with E-state index in [2.05, 4.69) is 10.2 Å². The molecule has 1 saturated carbocycles. The van der Waals surface area contributed by atoms with Crippen LogP contribution in [0.15, 0.2) is 24.3 Å². The SMILES string of the molecule is CC(C(=O)NC1CC1)N1CCN(C(=O)CCOc2ccc(Cl)cc2)CC1. The molecule has 1 heterocycles. The van der Waals surface area contributed by atoms with Gasteiger partial charge in [-0.1, -0.05) is 11.6 Å². The van der Waals surface area contributed by atoms with Gasteiger partial charge >= 0.3 is 0 Å². The first kappa shape index (κ1) is 19.0. The van der Waals surface area contributed by atoms with Crippen LogP contribution in [0, 0.1) is 0 Å². The fourth-order valence-corrected chi connectivity index (χ4v) is 3.15. The Morgan fingerprint density at radius 2 is 1.85 bits per heavy atom. The number of benzene rings is 1. The molecule has 1 aliphatic carbocycles. The number of nitrogens with one attached hydrogen (secondary N) is 1. The van der Waals surface area contributed by atoms with E-state index in [4.69, 9.17) is 16.3 Å². The summed E-state index contributed by atoms with van der Waals surface area (Å²) in [5.41, 5.74) is 0. The molecule has 2 fully saturated rings. The molecule has 1 aromatic rings. The van der Waals surface area contributed by atoms with Gasteiger partial charge in [-0.05, 0) is 44.0 Å². The topological polar surface area (TPSA) is 61.9 Å². The first-order valence-corrected chi connectivity index (χ1v) is 9.61. The zero-order valence-corrected chi connectivity index (χ0v) is 15.9. The largest absolute Gasteiger partial charge is 0.493 e. The van der Waals surface area contributed by atoms with Crippen LogP contribution >= 0.6 is 11.6 Å². The molecule has 0 bridgehead atoms. The van der Waals surface area contributed by atoms with E-state index < -0.39 is 0 Å². The predicted octanol–water partition coefficient (Wildman–Crippen LogP) is 1.92. The van der Waals surface area contributed by atoms with Crippen LogP contribution in [0.1, 0.15) is 26.2 Å². The highest BCUT2D eigenvalue weighted by Crippen LogP contribution is 2.19. The maximum Gasteiger partial charge on any atom is 0.237 e. The fourth-order valence-electron chi connectivity index (χ4n) is 3.02. The zero-order chi connectivity index (χ0) is 18.5. The van der Waals surface area contributed by atoms with Gasteiger partial charge in [0.2, 0.25) is 11.8 Å². The highest BCUT2D eigenvalue weighted by molar-refractivity contribution is 6.30. The molecular weight excluding hydrogens is 354 g/mol. The van der Waals surface area contributed by atoms with E-state index in [0.717, 1.165) is 25.9 Å². The minimum atomic E-state index is -0.138. The highest BCUT2D eigenvalue weighted by atomic mass is 35.5. The Kier molecular flexibility index (Phi) is 6.38. The molecule has 6 nitrogen and oxygen atoms in total. The fraction of sp³-hybridized carbons (Fsp3) is 0.579. The minimum absolute atomic E-state index is 0.0914. The standard InChI is InChI=1S/C19H26ClN3O3/c1-14(19(25)21-16-4-5-16)22-9-11-23(12-10-22)18(24)8-13-26-17-6-2-15(20)3-7-17/h2-3,6-7,14,16H,4-5,8-13H2,1H3,(H,21,25). The summed E-state index contributed by atoms with van der Waals surface area (Å²) in [7, 11) is 0. The summed E-state index contributed by atoms with van der Waals surface area (Å²) in [4.78, 5) is 28.5. The Morgan fingerprint density at radius 3 is 2.46 bits per heavy atom. The van der Waals surface area contributed by atoms with Crippen LogP contribution in [-0.4, -0.2) is 66.5 Å². The molecular formula is C19H26ClN3O3. The van der Waals surface area contributed by atoms with E-state index in [1.165, 1.54) is 0 Å². The maximum atomic E-state index is 12.3. The monoisotopic (exact) mass is 379 g/mol. The molecule has 7 heteroatoms. The number of piperazine rings is 1. The molecule has 2 aliphatic rings. The van der Waals surface area contributed by atoms with E-state index >= 15 is 0 Å². The summed E-state index contributed by atoms with van der Waals surface area (Å²) >= 11 is 5.83. The van der Waals surface area contributed by atoms with Crippen molar-refractivity contribution in [3.05, 3.63) is 29.3 Å². The smallest absolute Gasteiger partial charge is 0.237 e. The van der Waals surface area contributed by atoms with Crippen LogP contribution < -0.4 is 10.1 Å². The van der Waals surface area contributed by atoms with Gasteiger partial charge in [-0.25, -0.2) is 0 Å². The molecule has 1 N–H and O–H groups in total. The summed E-state index contributed by atoms with van der Waals surface area (Å²) in [5, 5.41) is 3.70. The van der Waals surface area contributed by atoms with Crippen molar-refractivity contribution in [3.63, 3.8) is 0 Å². The Hall–Kier alpha value is -1.79. The minimum Gasteiger partial charge on any atom is -0.493 e. The lowest BCUT2D eigenvalue weighted by molar-refractivity contribution is -0.134. The average molecular weight is 380 g/mol. The molecule has 0 aromatic heterocycles. The van der Waals surface area contributed by atoms with Gasteiger partial charge in [0, 0.05) is 37.2 Å². The number of carbonyl (C=O) groups is 2. The molecule has 1 unspecified atom stereocenters. The van der Waals surface area contributed by atoms with Crippen LogP contribution in [0.4, 0.5) is 0 Å². The third kappa shape index (κ3) is 5.35. The van der Waals surface area contributed by atoms with Crippen LogP contribution in [0.2, 0.25) is 5.02 Å². The van der Waals surface area contributed by atoms with Crippen molar-refractivity contribution >= 4 is 23.4 Å². The summed E-state index contributed by atoms with van der Waals surface area (Å²) in [5.74, 6) is 0.903. The Bertz CT molecular complexity index is 625. The van der Waals surface area contributed by atoms with Crippen molar-refractivity contribution in [3.8, 4) is 5.75 Å². The molecule has 0 spiro atoms. The lowest BCUT2D eigenvalue weighted by Gasteiger charge is -2.37. The first-order chi connectivity index (χ1) is 12.5. The number of halogens is 1. The van der Waals surface area contributed by atoms with E-state index in [-0.39, 0.29) is 17.9 Å². The van der Waals surface area contributed by atoms with E-state index in [1.807, 2.05) is 11.8 Å². The molecule has 3 rings (SSSR count). The van der Waals surface area contributed by atoms with Gasteiger partial charge in [0.1, 0.15) is 5.75 Å². The number of hydrogen-bond donors (Lipinski definition) is 1. The van der Waals surface area contributed by atoms with Crippen LogP contribution in [-0.2, 0) is 9.59 Å². The number of ether oxygens (including phenoxy) is 1. The summed E-state index contributed by atoms with van der Waals surface area (Å²) in [6.45, 7) is 5.05. The van der Waals surface area contributed by atoms with Crippen LogP contribution in [0.25, 0.3) is 0 Å². The third-order valence-corrected chi connectivity index (χ3v) is 5.17. The quantitative estimate of drug-likeness (QED) is 0.786. The van der Waals surface area contributed by atoms with Gasteiger partial charge in [-0.3, -0.25) is 14.5 Å². The van der Waals surface area contributed by atoms with Gasteiger partial charge in [-0.15, -0.1) is 0 Å². The summed E-state index contributed by atoms with van der Waals surface area (Å²) in [6.07, 6.45) is 2.54. The van der Waals surface area contributed by atoms with Gasteiger partial charge in [0.05, 0.1) is 19.1 Å². The second-order valence-corrected chi connectivity index (χ2v) is 7.36. The number of rotatable bonds is 7. The summed E-state index contributed by atoms with van der Waals surface area (Å²) < 4.78 is 5.59. The maximum absolute atomic E-state index is 12.3. The lowest BCUT2D eigenvalue weighted by Crippen LogP contribution is -2.55. The van der Waals surface area contributed by atoms with E-state index in [1.54, 1.807) is 24.3 Å². The molecule has 2 amide bonds. The zero-order valence-electron chi connectivity index (χ0n) is 15.1. The molecule has 26 heavy (non-hydrogen) atoms. The van der Waals surface area contributed by atoms with Crippen molar-refractivity contribution < 1.29 is 14.3 Å². The predicted molar refractivity (Wildman–Crippen MR) is 100 cm³/mol. The van der Waals surface area contributed by atoms with Crippen LogP contribution in [0.5, 0.6) is 5.75 Å². The molecule has 1 aromatic carbocycles. The van der Waals surface area contributed by atoms with Gasteiger partial charge in [0.15, 0.2) is 0 Å². The van der Waals surface area contributed by atoms with E-state index in [0.29, 0.717) is 42.9 Å². The molecule has 1 atom stereocenters. The normalized spacial score (nSPS) is 19.1. The van der Waals surface area contributed by atoms with Crippen LogP contribution in [0.3, 0.4) is 0 Å². The molecule has 0 radical (unpaired) electrons. The Balaban J connectivity index is 1.36. The van der Waals surface area contributed by atoms with Crippen molar-refractivity contribution in [2.75, 3.05) is 32.8 Å². The first-order valence-electron chi connectivity index (χ1n) is 9.23. The molecule has 1 saturated heterocycles. The van der Waals surface area contributed by atoms with E-state index in [9.17, 15) is 9.59 Å². The highest BCUT2D eigenvalue weighted by Gasteiger charge is 2.30. The van der Waals surface area contributed by atoms with Crippen molar-refractivity contribution in [2.45, 2.75) is 38.3 Å². The molecule has 142 valence electrons. The summed E-state index contributed by atoms with van der Waals surface area (Å²) in [6, 6.07) is 7.35. The Labute approximate surface area is 159 Å². The van der Waals surface area contributed by atoms with Crippen molar-refractivity contribution in [1.82, 2.24) is 15.1 Å². The number of carbonyl (C=O) groups excluding carboxylic acids is 2. The Morgan fingerprint density at radius 1 is 1.19 bits per heavy atom. The van der Waals surface area contributed by atoms with Gasteiger partial charge in [0.25, 0.3) is 0 Å². The van der Waals surface area contributed by atoms with Crippen molar-refractivity contribution in [2.24, 2.45) is 0 Å². The third-order valence-electron chi connectivity index (χ3n) is 4.92. The molecule has 1 aliphatic heterocycles. The van der Waals surface area contributed by atoms with Crippen molar-refractivity contribution in [1.29, 1.82) is 0 Å². The number of nitrogens with zero attached hydrogens (tertiary/aromatic N) is 2. The number of hydrogen-bond acceptors (Lipinski definition) is 4. The van der Waals surface area contributed by atoms with Gasteiger partial charge in [-0.2, -0.15) is 0 Å². The number of amides is 2. The second kappa shape index (κ2) is 8.73.